The molecule has 0 spiro atoms. The number of imidazole rings is 1. The first-order valence-corrected chi connectivity index (χ1v) is 28.9. The van der Waals surface area contributed by atoms with E-state index in [9.17, 15) is 29.4 Å². The third kappa shape index (κ3) is 10.2. The largest absolute Gasteiger partial charge is 0.508 e. The Bertz CT molecular complexity index is 3460. The van der Waals surface area contributed by atoms with Gasteiger partial charge in [-0.15, -0.1) is 0 Å². The van der Waals surface area contributed by atoms with Crippen molar-refractivity contribution >= 4 is 56.4 Å². The predicted octanol–water partition coefficient (Wildman–Crippen LogP) is 7.55. The number of halogens is 2. The lowest BCUT2D eigenvalue weighted by atomic mass is 9.89. The fraction of sp³-hybridized carbons (Fsp3) is 0.550. The van der Waals surface area contributed by atoms with Crippen LogP contribution in [0.2, 0.25) is 0 Å². The van der Waals surface area contributed by atoms with Gasteiger partial charge in [0.15, 0.2) is 5.82 Å². The predicted molar refractivity (Wildman–Crippen MR) is 298 cm³/mol. The van der Waals surface area contributed by atoms with Gasteiger partial charge in [0, 0.05) is 64.0 Å². The van der Waals surface area contributed by atoms with Crippen molar-refractivity contribution in [1.82, 2.24) is 44.1 Å². The topological polar surface area (TPSA) is 201 Å². The third-order valence-corrected chi connectivity index (χ3v) is 18.6. The minimum absolute atomic E-state index is 0.0118. The Morgan fingerprint density at radius 2 is 1.68 bits per heavy atom. The third-order valence-electron chi connectivity index (χ3n) is 18.6. The number of fused-ring (bicyclic) bond motifs is 4. The lowest BCUT2D eigenvalue weighted by Gasteiger charge is -2.38. The normalized spacial score (nSPS) is 24.6. The van der Waals surface area contributed by atoms with Crippen LogP contribution in [-0.2, 0) is 34.2 Å². The quantitative estimate of drug-likeness (QED) is 0.0958. The van der Waals surface area contributed by atoms with Gasteiger partial charge in [0.1, 0.15) is 47.9 Å². The summed E-state index contributed by atoms with van der Waals surface area (Å²) in [7, 11) is 1.73. The van der Waals surface area contributed by atoms with E-state index in [0.717, 1.165) is 89.5 Å². The van der Waals surface area contributed by atoms with Crippen LogP contribution >= 0.6 is 0 Å². The van der Waals surface area contributed by atoms with Gasteiger partial charge in [0.2, 0.25) is 11.8 Å². The number of aromatic hydroxyl groups is 1. The molecular weight excluding hydrogens is 1030 g/mol. The minimum Gasteiger partial charge on any atom is -0.508 e. The van der Waals surface area contributed by atoms with Gasteiger partial charge in [0.25, 0.3) is 0 Å². The Kier molecular flexibility index (Phi) is 14.5. The van der Waals surface area contributed by atoms with Gasteiger partial charge in [-0.1, -0.05) is 19.1 Å². The molecule has 4 atom stereocenters. The number of nitrogens with zero attached hydrogens (tertiary/aromatic N) is 9. The lowest BCUT2D eigenvalue weighted by Crippen LogP contribution is -2.49. The molecule has 0 aliphatic carbocycles. The second-order valence-corrected chi connectivity index (χ2v) is 24.0. The van der Waals surface area contributed by atoms with E-state index in [1.165, 1.54) is 34.5 Å². The molecule has 1 unspecified atom stereocenters. The van der Waals surface area contributed by atoms with Crippen molar-refractivity contribution in [2.75, 3.05) is 70.5 Å². The number of ether oxygens (including phenoxy) is 2. The summed E-state index contributed by atoms with van der Waals surface area (Å²) in [6.45, 7) is 10.1. The number of aryl methyl sites for hydroxylation is 2. The van der Waals surface area contributed by atoms with Crippen LogP contribution in [0.5, 0.6) is 11.8 Å². The fourth-order valence-corrected chi connectivity index (χ4v) is 14.3. The van der Waals surface area contributed by atoms with Crippen molar-refractivity contribution in [2.45, 2.75) is 127 Å². The number of amides is 3. The zero-order chi connectivity index (χ0) is 55.6. The van der Waals surface area contributed by atoms with Gasteiger partial charge in [-0.3, -0.25) is 33.9 Å². The summed E-state index contributed by atoms with van der Waals surface area (Å²) in [6, 6.07) is 11.2. The van der Waals surface area contributed by atoms with Crippen LogP contribution in [0.25, 0.3) is 44.0 Å². The molecular formula is C60H72F2N10O8. The van der Waals surface area contributed by atoms with Gasteiger partial charge in [-0.25, -0.2) is 18.4 Å². The monoisotopic (exact) mass is 1100 g/mol. The van der Waals surface area contributed by atoms with E-state index in [-0.39, 0.29) is 84.0 Å². The van der Waals surface area contributed by atoms with Crippen molar-refractivity contribution in [3.63, 3.8) is 0 Å². The van der Waals surface area contributed by atoms with E-state index in [4.69, 9.17) is 19.4 Å². The van der Waals surface area contributed by atoms with E-state index >= 15 is 8.78 Å². The Hall–Kier alpha value is -6.77. The summed E-state index contributed by atoms with van der Waals surface area (Å²) in [4.78, 5) is 74.3. The molecule has 6 saturated heterocycles. The summed E-state index contributed by atoms with van der Waals surface area (Å²) < 4.78 is 48.3. The summed E-state index contributed by atoms with van der Waals surface area (Å²) in [5.41, 5.74) is 1.56. The van der Waals surface area contributed by atoms with E-state index < -0.39 is 29.2 Å². The standard InChI is InChI=1S/C60H72F2N10O8/c1-4-42-45(61)9-8-39-29-41(73)30-43(50(39)42)52-51(62)53-44(31-63-52)54(70-21-5-18-59(2,78)34-70)66-56(65-53)80-35-60-19-6-22-71(60)40(13-20-60)33-79-58(77)69-25-16-37(17-26-69)32-68-23-14-36(15-24-68)27-38-7-10-46-48(28-38)67(3)57(76)72(46)47-11-12-49(74)64-55(47)75/h7-10,28-31,36-37,40,47,73,78H,4-6,11-27,32-35H2,1-3H3,(H,64,74,75)/t40-,47?,59+,60-/m0/s1. The molecule has 0 radical (unpaired) electrons. The van der Waals surface area contributed by atoms with Crippen molar-refractivity contribution < 1.29 is 42.9 Å². The number of aromatic nitrogens is 5. The maximum Gasteiger partial charge on any atom is 0.409 e. The number of hydrogen-bond donors (Lipinski definition) is 3. The van der Waals surface area contributed by atoms with Crippen molar-refractivity contribution in [3.8, 4) is 23.0 Å². The second-order valence-electron chi connectivity index (χ2n) is 24.0. The van der Waals surface area contributed by atoms with Crippen LogP contribution in [-0.4, -0.2) is 150 Å². The number of pyridine rings is 1. The van der Waals surface area contributed by atoms with Crippen LogP contribution in [0.15, 0.2) is 53.5 Å². The van der Waals surface area contributed by atoms with Crippen LogP contribution in [0, 0.1) is 23.5 Å². The molecule has 3 aromatic carbocycles. The van der Waals surface area contributed by atoms with Crippen molar-refractivity contribution in [1.29, 1.82) is 0 Å². The van der Waals surface area contributed by atoms with Gasteiger partial charge in [-0.05, 0) is 174 Å². The highest BCUT2D eigenvalue weighted by Crippen LogP contribution is 2.44. The molecule has 6 aliphatic rings. The van der Waals surface area contributed by atoms with E-state index in [0.29, 0.717) is 90.2 Å². The van der Waals surface area contributed by atoms with Crippen molar-refractivity contribution in [3.05, 3.63) is 81.9 Å². The van der Waals surface area contributed by atoms with Gasteiger partial charge >= 0.3 is 17.8 Å². The first-order chi connectivity index (χ1) is 38.5. The molecule has 6 fully saturated rings. The number of phenolic OH excluding ortho intramolecular Hbond substituents is 1. The number of rotatable bonds is 13. The number of nitrogens with one attached hydrogen (secondary N) is 1. The molecule has 6 aliphatic heterocycles. The number of imide groups is 1. The zero-order valence-electron chi connectivity index (χ0n) is 46.0. The Balaban J connectivity index is 0.650. The zero-order valence-corrected chi connectivity index (χ0v) is 46.0. The first-order valence-electron chi connectivity index (χ1n) is 28.9. The molecule has 3 amide bonds. The SMILES string of the molecule is CCc1c(F)ccc2cc(O)cc(-c3ncc4c(N5CCC[C@@](C)(O)C5)nc(OC[C@@]56CCCN5[C@H](COC(=O)N5CCC(CN7CCC(Cc8ccc9c(c8)n(C)c(=O)n9C8CCC(=O)NC8=O)CC7)CC5)CC6)nc4c3F)c12. The number of likely N-dealkylation sites (tertiary alicyclic amines) is 2. The molecule has 20 heteroatoms. The summed E-state index contributed by atoms with van der Waals surface area (Å²) in [5, 5.41) is 25.7. The number of anilines is 1. The highest BCUT2D eigenvalue weighted by Gasteiger charge is 2.50. The molecule has 9 heterocycles. The number of benzene rings is 3. The summed E-state index contributed by atoms with van der Waals surface area (Å²) in [6.07, 6.45) is 11.7. The minimum atomic E-state index is -1.00. The Morgan fingerprint density at radius 1 is 0.887 bits per heavy atom. The van der Waals surface area contributed by atoms with E-state index in [2.05, 4.69) is 32.2 Å². The molecule has 424 valence electrons. The smallest absolute Gasteiger partial charge is 0.409 e. The molecule has 0 saturated carbocycles. The molecule has 6 aromatic rings. The van der Waals surface area contributed by atoms with Gasteiger partial charge in [-0.2, -0.15) is 9.97 Å². The summed E-state index contributed by atoms with van der Waals surface area (Å²) in [5.74, 6) is -0.623. The molecule has 3 N–H and O–H groups in total. The average molecular weight is 1100 g/mol. The van der Waals surface area contributed by atoms with E-state index in [1.807, 2.05) is 22.8 Å². The molecule has 12 rings (SSSR count). The van der Waals surface area contributed by atoms with Crippen LogP contribution in [0.4, 0.5) is 19.4 Å². The van der Waals surface area contributed by atoms with Crippen LogP contribution in [0.1, 0.15) is 108 Å². The fourth-order valence-electron chi connectivity index (χ4n) is 14.3. The highest BCUT2D eigenvalue weighted by atomic mass is 19.1. The number of hydrogen-bond acceptors (Lipinski definition) is 14. The molecule has 80 heavy (non-hydrogen) atoms. The molecule has 3 aromatic heterocycles. The first kappa shape index (κ1) is 53.9. The lowest BCUT2D eigenvalue weighted by molar-refractivity contribution is -0.135. The van der Waals surface area contributed by atoms with Gasteiger partial charge in [0.05, 0.1) is 27.6 Å². The number of carbonyl (C=O) groups excluding carboxylic acids is 3. The highest BCUT2D eigenvalue weighted by molar-refractivity contribution is 6.02. The number of aliphatic hydroxyl groups is 1. The maximum absolute atomic E-state index is 17.3. The number of carbonyl (C=O) groups is 3. The van der Waals surface area contributed by atoms with Crippen molar-refractivity contribution in [2.24, 2.45) is 18.9 Å². The Labute approximate surface area is 463 Å². The Morgan fingerprint density at radius 3 is 2.45 bits per heavy atom. The van der Waals surface area contributed by atoms with E-state index in [1.54, 1.807) is 24.6 Å². The second kappa shape index (κ2) is 21.6. The molecule has 0 bridgehead atoms. The maximum atomic E-state index is 17.3. The number of phenols is 1. The molecule has 18 nitrogen and oxygen atoms in total. The number of piperidine rings is 4. The number of β-amino-alcohol motifs (C(OH)–C–C–N with tert-alkyl or cyclic N) is 1. The van der Waals surface area contributed by atoms with Crippen LogP contribution in [0.3, 0.4) is 0 Å². The summed E-state index contributed by atoms with van der Waals surface area (Å²) >= 11 is 0. The van der Waals surface area contributed by atoms with Crippen LogP contribution < -0.4 is 20.6 Å². The van der Waals surface area contributed by atoms with Gasteiger partial charge < -0.3 is 34.4 Å². The average Bonchev–Trinajstić information content (AvgIpc) is 4.05.